The number of para-hydroxylation sites is 1. The van der Waals surface area contributed by atoms with E-state index < -0.39 is 11.6 Å². The van der Waals surface area contributed by atoms with Crippen LogP contribution in [0.1, 0.15) is 10.5 Å². The Morgan fingerprint density at radius 1 is 1.12 bits per heavy atom. The summed E-state index contributed by atoms with van der Waals surface area (Å²) in [7, 11) is 1.16. The molecule has 0 spiro atoms. The molecule has 0 N–H and O–H groups in total. The average Bonchev–Trinajstić information content (AvgIpc) is 2.61. The number of benzene rings is 1. The number of pyridine rings is 1. The monoisotopic (exact) mass is 324 g/mol. The maximum absolute atomic E-state index is 12.6. The van der Waals surface area contributed by atoms with E-state index in [0.29, 0.717) is 11.0 Å². The van der Waals surface area contributed by atoms with Crippen molar-refractivity contribution in [3.05, 3.63) is 56.7 Å². The molecule has 0 amide bonds. The van der Waals surface area contributed by atoms with Crippen molar-refractivity contribution in [2.45, 2.75) is 0 Å². The number of esters is 1. The average molecular weight is 324 g/mol. The molecule has 24 heavy (non-hydrogen) atoms. The van der Waals surface area contributed by atoms with Crippen LogP contribution in [-0.4, -0.2) is 23.2 Å². The molecule has 4 rings (SSSR count). The van der Waals surface area contributed by atoms with Crippen LogP contribution in [0.15, 0.2) is 48.9 Å². The minimum atomic E-state index is -0.821. The molecule has 0 unspecified atom stereocenters. The van der Waals surface area contributed by atoms with Gasteiger partial charge in [-0.25, -0.2) is 14.6 Å². The first-order chi connectivity index (χ1) is 11.6. The van der Waals surface area contributed by atoms with Gasteiger partial charge in [-0.3, -0.25) is 4.79 Å². The maximum atomic E-state index is 12.6. The van der Waals surface area contributed by atoms with Crippen molar-refractivity contribution >= 4 is 38.9 Å². The summed E-state index contributed by atoms with van der Waals surface area (Å²) in [4.78, 5) is 40.4. The van der Waals surface area contributed by atoms with Crippen LogP contribution in [0.5, 0.6) is 0 Å². The van der Waals surface area contributed by atoms with E-state index in [1.165, 1.54) is 6.07 Å². The Morgan fingerprint density at radius 2 is 1.92 bits per heavy atom. The molecule has 0 aliphatic heterocycles. The number of fused-ring (bicyclic) bond motifs is 3. The molecule has 0 fully saturated rings. The Balaban J connectivity index is 2.23. The van der Waals surface area contributed by atoms with Gasteiger partial charge < -0.3 is 13.7 Å². The fourth-order valence-electron chi connectivity index (χ4n) is 2.48. The van der Waals surface area contributed by atoms with Crippen LogP contribution in [0.3, 0.4) is 0 Å². The minimum Gasteiger partial charge on any atom is -0.464 e. The van der Waals surface area contributed by atoms with Gasteiger partial charge in [0.15, 0.2) is 0 Å². The lowest BCUT2D eigenvalue weighted by Gasteiger charge is -2.04. The van der Waals surface area contributed by atoms with Crippen molar-refractivity contribution in [3.63, 3.8) is 0 Å². The number of hydrogen-bond acceptors (Lipinski definition) is 8. The third-order valence-electron chi connectivity index (χ3n) is 3.61. The second-order valence-corrected chi connectivity index (χ2v) is 4.97. The van der Waals surface area contributed by atoms with Crippen molar-refractivity contribution < 1.29 is 18.5 Å². The summed E-state index contributed by atoms with van der Waals surface area (Å²) in [6.07, 6.45) is 0. The van der Waals surface area contributed by atoms with Gasteiger partial charge >= 0.3 is 11.6 Å². The molecule has 0 bridgehead atoms. The lowest BCUT2D eigenvalue weighted by atomic mass is 10.1. The van der Waals surface area contributed by atoms with Crippen LogP contribution in [0.4, 0.5) is 0 Å². The van der Waals surface area contributed by atoms with E-state index in [9.17, 15) is 14.4 Å². The molecule has 3 heterocycles. The summed E-state index contributed by atoms with van der Waals surface area (Å²) < 4.78 is 14.8. The smallest absolute Gasteiger partial charge is 0.368 e. The van der Waals surface area contributed by atoms with E-state index in [2.05, 4.69) is 19.4 Å². The predicted molar refractivity (Wildman–Crippen MR) is 83.0 cm³/mol. The molecule has 8 heteroatoms. The largest absolute Gasteiger partial charge is 0.464 e. The fraction of sp³-hybridized carbons (Fsp3) is 0.0625. The van der Waals surface area contributed by atoms with Gasteiger partial charge in [-0.15, -0.1) is 0 Å². The van der Waals surface area contributed by atoms with Crippen LogP contribution < -0.4 is 11.1 Å². The van der Waals surface area contributed by atoms with Gasteiger partial charge in [0.2, 0.25) is 16.8 Å². The number of nitrogens with zero attached hydrogens (tertiary/aromatic N) is 2. The molecule has 0 saturated heterocycles. The number of carbonyl (C=O) groups is 1. The van der Waals surface area contributed by atoms with Crippen LogP contribution in [-0.2, 0) is 4.74 Å². The SMILES string of the molecule is COC(=O)c1noc(=O)c2cc3c(=O)c4ccccc4oc3nc12. The highest BCUT2D eigenvalue weighted by Gasteiger charge is 2.20. The second kappa shape index (κ2) is 4.98. The lowest BCUT2D eigenvalue weighted by Crippen LogP contribution is -2.13. The molecule has 0 saturated carbocycles. The molecule has 1 aromatic carbocycles. The van der Waals surface area contributed by atoms with Crippen molar-refractivity contribution in [1.29, 1.82) is 0 Å². The van der Waals surface area contributed by atoms with E-state index in [-0.39, 0.29) is 33.1 Å². The van der Waals surface area contributed by atoms with E-state index in [4.69, 9.17) is 4.42 Å². The Labute approximate surface area is 132 Å². The van der Waals surface area contributed by atoms with Gasteiger partial charge in [0.1, 0.15) is 11.1 Å². The Kier molecular flexibility index (Phi) is 2.92. The van der Waals surface area contributed by atoms with Gasteiger partial charge in [-0.1, -0.05) is 17.3 Å². The molecule has 4 aromatic rings. The topological polar surface area (TPSA) is 112 Å². The highest BCUT2D eigenvalue weighted by atomic mass is 16.5. The standard InChI is InChI=1S/C16H8N2O6/c1-22-16(21)12-11-8(15(20)24-18-12)6-9-13(19)7-4-2-3-5-10(7)23-14(9)17-11/h2-6H,1H3. The molecular formula is C16H8N2O6. The first kappa shape index (κ1) is 14.1. The van der Waals surface area contributed by atoms with E-state index in [1.54, 1.807) is 24.3 Å². The number of hydrogen-bond donors (Lipinski definition) is 0. The molecule has 0 radical (unpaired) electrons. The predicted octanol–water partition coefficient (Wildman–Crippen LogP) is 1.63. The van der Waals surface area contributed by atoms with Crippen molar-refractivity contribution in [3.8, 4) is 0 Å². The van der Waals surface area contributed by atoms with E-state index >= 15 is 0 Å². The third kappa shape index (κ3) is 1.89. The first-order valence-electron chi connectivity index (χ1n) is 6.85. The Bertz CT molecular complexity index is 1250. The Hall–Kier alpha value is -3.55. The number of rotatable bonds is 1. The zero-order valence-corrected chi connectivity index (χ0v) is 12.2. The summed E-state index contributed by atoms with van der Waals surface area (Å²) in [6.45, 7) is 0. The zero-order valence-electron chi connectivity index (χ0n) is 12.2. The van der Waals surface area contributed by atoms with Gasteiger partial charge in [0.05, 0.1) is 23.3 Å². The molecule has 8 nitrogen and oxygen atoms in total. The summed E-state index contributed by atoms with van der Waals surface area (Å²) >= 11 is 0. The normalized spacial score (nSPS) is 11.2. The molecule has 118 valence electrons. The lowest BCUT2D eigenvalue weighted by molar-refractivity contribution is 0.0586. The maximum Gasteiger partial charge on any atom is 0.368 e. The highest BCUT2D eigenvalue weighted by Crippen LogP contribution is 2.21. The van der Waals surface area contributed by atoms with Gasteiger partial charge in [-0.05, 0) is 18.2 Å². The molecule has 3 aromatic heterocycles. The number of methoxy groups -OCH3 is 1. The molecule has 0 aliphatic rings. The van der Waals surface area contributed by atoms with Gasteiger partial charge in [0.25, 0.3) is 0 Å². The number of aromatic nitrogens is 2. The fourth-order valence-corrected chi connectivity index (χ4v) is 2.48. The van der Waals surface area contributed by atoms with Crippen molar-refractivity contribution in [1.82, 2.24) is 10.1 Å². The molecular weight excluding hydrogens is 316 g/mol. The third-order valence-corrected chi connectivity index (χ3v) is 3.61. The quantitative estimate of drug-likeness (QED) is 0.383. The van der Waals surface area contributed by atoms with Crippen molar-refractivity contribution in [2.24, 2.45) is 0 Å². The Morgan fingerprint density at radius 3 is 2.71 bits per heavy atom. The van der Waals surface area contributed by atoms with Crippen LogP contribution in [0, 0.1) is 0 Å². The van der Waals surface area contributed by atoms with Crippen LogP contribution >= 0.6 is 0 Å². The van der Waals surface area contributed by atoms with Crippen molar-refractivity contribution in [2.75, 3.05) is 7.11 Å². The second-order valence-electron chi connectivity index (χ2n) is 4.97. The van der Waals surface area contributed by atoms with Crippen LogP contribution in [0.2, 0.25) is 0 Å². The minimum absolute atomic E-state index is 0.0104. The first-order valence-corrected chi connectivity index (χ1v) is 6.85. The number of carbonyl (C=O) groups excluding carboxylic acids is 1. The molecule has 0 aliphatic carbocycles. The summed E-state index contributed by atoms with van der Waals surface area (Å²) in [5, 5.41) is 3.84. The summed E-state index contributed by atoms with van der Waals surface area (Å²) in [5.41, 5.74) is -1.15. The summed E-state index contributed by atoms with van der Waals surface area (Å²) in [5.74, 6) is -0.821. The highest BCUT2D eigenvalue weighted by molar-refractivity contribution is 6.03. The van der Waals surface area contributed by atoms with E-state index in [0.717, 1.165) is 7.11 Å². The van der Waals surface area contributed by atoms with Gasteiger partial charge in [0, 0.05) is 0 Å². The van der Waals surface area contributed by atoms with Crippen LogP contribution in [0.25, 0.3) is 33.0 Å². The number of ether oxygens (including phenoxy) is 1. The van der Waals surface area contributed by atoms with E-state index in [1.807, 2.05) is 0 Å². The van der Waals surface area contributed by atoms with Gasteiger partial charge in [-0.2, -0.15) is 0 Å². The zero-order chi connectivity index (χ0) is 16.8. The molecule has 0 atom stereocenters. The summed E-state index contributed by atoms with van der Waals surface area (Å²) in [6, 6.07) is 7.94.